The van der Waals surface area contributed by atoms with Crippen LogP contribution in [-0.2, 0) is 9.47 Å². The number of hydrogen-bond acceptors (Lipinski definition) is 4. The van der Waals surface area contributed by atoms with E-state index in [1.807, 2.05) is 18.2 Å². The van der Waals surface area contributed by atoms with Crippen molar-refractivity contribution < 1.29 is 9.47 Å². The first-order chi connectivity index (χ1) is 9.77. The first-order valence-electron chi connectivity index (χ1n) is 7.28. The lowest BCUT2D eigenvalue weighted by molar-refractivity contribution is 0.0750. The van der Waals surface area contributed by atoms with Crippen LogP contribution in [0.3, 0.4) is 0 Å². The van der Waals surface area contributed by atoms with Gasteiger partial charge in [0, 0.05) is 45.6 Å². The Morgan fingerprint density at radius 2 is 1.85 bits per heavy atom. The van der Waals surface area contributed by atoms with Crippen molar-refractivity contribution in [1.82, 2.24) is 4.90 Å². The average molecular weight is 280 g/mol. The molecule has 4 heteroatoms. The molecule has 0 aromatic heterocycles. The van der Waals surface area contributed by atoms with Gasteiger partial charge < -0.3 is 14.8 Å². The molecule has 1 atom stereocenters. The summed E-state index contributed by atoms with van der Waals surface area (Å²) in [4.78, 5) is 2.42. The number of benzene rings is 1. The van der Waals surface area contributed by atoms with Crippen LogP contribution in [0.4, 0.5) is 5.69 Å². The summed E-state index contributed by atoms with van der Waals surface area (Å²) >= 11 is 0. The van der Waals surface area contributed by atoms with Crippen LogP contribution >= 0.6 is 0 Å². The largest absolute Gasteiger partial charge is 0.385 e. The van der Waals surface area contributed by atoms with Crippen LogP contribution in [0.2, 0.25) is 0 Å². The molecule has 4 nitrogen and oxygen atoms in total. The standard InChI is InChI=1S/C16H28N2O2/c1-15(14-20-3)18(12-13-19-2)11-7-10-17-16-8-5-4-6-9-16/h4-6,8-9,15,17H,7,10-14H2,1-3H3. The fourth-order valence-electron chi connectivity index (χ4n) is 2.18. The van der Waals surface area contributed by atoms with E-state index in [9.17, 15) is 0 Å². The molecule has 0 heterocycles. The van der Waals surface area contributed by atoms with Crippen LogP contribution < -0.4 is 5.32 Å². The lowest BCUT2D eigenvalue weighted by Crippen LogP contribution is -2.39. The number of para-hydroxylation sites is 1. The highest BCUT2D eigenvalue weighted by Crippen LogP contribution is 2.06. The predicted octanol–water partition coefficient (Wildman–Crippen LogP) is 2.47. The van der Waals surface area contributed by atoms with Gasteiger partial charge in [-0.2, -0.15) is 0 Å². The van der Waals surface area contributed by atoms with Crippen LogP contribution in [0.5, 0.6) is 0 Å². The number of ether oxygens (including phenoxy) is 2. The van der Waals surface area contributed by atoms with Crippen molar-refractivity contribution in [2.24, 2.45) is 0 Å². The highest BCUT2D eigenvalue weighted by atomic mass is 16.5. The Morgan fingerprint density at radius 1 is 1.10 bits per heavy atom. The van der Waals surface area contributed by atoms with Gasteiger partial charge in [0.25, 0.3) is 0 Å². The van der Waals surface area contributed by atoms with Crippen molar-refractivity contribution in [1.29, 1.82) is 0 Å². The number of rotatable bonds is 11. The van der Waals surface area contributed by atoms with Crippen molar-refractivity contribution in [3.63, 3.8) is 0 Å². The Labute approximate surface area is 123 Å². The molecule has 1 aromatic rings. The van der Waals surface area contributed by atoms with Crippen LogP contribution in [0.1, 0.15) is 13.3 Å². The third-order valence-corrected chi connectivity index (χ3v) is 3.34. The maximum Gasteiger partial charge on any atom is 0.0615 e. The van der Waals surface area contributed by atoms with Gasteiger partial charge in [-0.1, -0.05) is 18.2 Å². The zero-order valence-corrected chi connectivity index (χ0v) is 13.0. The number of anilines is 1. The lowest BCUT2D eigenvalue weighted by Gasteiger charge is -2.28. The fraction of sp³-hybridized carbons (Fsp3) is 0.625. The van der Waals surface area contributed by atoms with Crippen molar-refractivity contribution >= 4 is 5.69 Å². The summed E-state index contributed by atoms with van der Waals surface area (Å²) in [5.41, 5.74) is 1.18. The molecule has 1 N–H and O–H groups in total. The fourth-order valence-corrected chi connectivity index (χ4v) is 2.18. The molecule has 1 unspecified atom stereocenters. The third kappa shape index (κ3) is 6.89. The number of methoxy groups -OCH3 is 2. The Balaban J connectivity index is 2.26. The van der Waals surface area contributed by atoms with Gasteiger partial charge in [-0.05, 0) is 25.5 Å². The van der Waals surface area contributed by atoms with Crippen molar-refractivity contribution in [3.8, 4) is 0 Å². The molecule has 1 rings (SSSR count). The lowest BCUT2D eigenvalue weighted by atomic mass is 10.2. The molecule has 0 bridgehead atoms. The molecule has 0 saturated carbocycles. The molecule has 0 spiro atoms. The molecule has 0 aliphatic rings. The zero-order chi connectivity index (χ0) is 14.6. The first-order valence-corrected chi connectivity index (χ1v) is 7.28. The van der Waals surface area contributed by atoms with Crippen LogP contribution in [0.15, 0.2) is 30.3 Å². The van der Waals surface area contributed by atoms with Gasteiger partial charge in [0.1, 0.15) is 0 Å². The summed E-state index contributed by atoms with van der Waals surface area (Å²) in [6, 6.07) is 10.7. The molecule has 0 aliphatic carbocycles. The molecule has 20 heavy (non-hydrogen) atoms. The molecular formula is C16H28N2O2. The van der Waals surface area contributed by atoms with E-state index in [0.29, 0.717) is 6.04 Å². The van der Waals surface area contributed by atoms with Crippen molar-refractivity contribution in [3.05, 3.63) is 30.3 Å². The van der Waals surface area contributed by atoms with E-state index in [-0.39, 0.29) is 0 Å². The van der Waals surface area contributed by atoms with E-state index >= 15 is 0 Å². The number of nitrogens with zero attached hydrogens (tertiary/aromatic N) is 1. The van der Waals surface area contributed by atoms with Crippen molar-refractivity contribution in [2.45, 2.75) is 19.4 Å². The minimum absolute atomic E-state index is 0.423. The SMILES string of the molecule is COCCN(CCCNc1ccccc1)C(C)COC. The minimum Gasteiger partial charge on any atom is -0.385 e. The topological polar surface area (TPSA) is 33.7 Å². The number of hydrogen-bond donors (Lipinski definition) is 1. The average Bonchev–Trinajstić information content (AvgIpc) is 2.47. The van der Waals surface area contributed by atoms with E-state index in [2.05, 4.69) is 29.3 Å². The Hall–Kier alpha value is -1.10. The molecule has 0 amide bonds. The molecule has 114 valence electrons. The Kier molecular flexibility index (Phi) is 9.04. The minimum atomic E-state index is 0.423. The van der Waals surface area contributed by atoms with Gasteiger partial charge in [0.05, 0.1) is 13.2 Å². The maximum atomic E-state index is 5.24. The zero-order valence-electron chi connectivity index (χ0n) is 13.0. The predicted molar refractivity (Wildman–Crippen MR) is 84.3 cm³/mol. The normalized spacial score (nSPS) is 12.6. The van der Waals surface area contributed by atoms with E-state index in [0.717, 1.165) is 39.3 Å². The first kappa shape index (κ1) is 17.0. The molecular weight excluding hydrogens is 252 g/mol. The summed E-state index contributed by atoms with van der Waals surface area (Å²) in [6.07, 6.45) is 1.10. The molecule has 0 fully saturated rings. The van der Waals surface area contributed by atoms with E-state index in [1.54, 1.807) is 14.2 Å². The summed E-state index contributed by atoms with van der Waals surface area (Å²) in [5, 5.41) is 3.44. The smallest absolute Gasteiger partial charge is 0.0615 e. The van der Waals surface area contributed by atoms with E-state index < -0.39 is 0 Å². The van der Waals surface area contributed by atoms with Gasteiger partial charge >= 0.3 is 0 Å². The molecule has 0 saturated heterocycles. The third-order valence-electron chi connectivity index (χ3n) is 3.34. The second-order valence-electron chi connectivity index (χ2n) is 4.98. The Morgan fingerprint density at radius 3 is 2.50 bits per heavy atom. The number of nitrogens with one attached hydrogen (secondary N) is 1. The summed E-state index contributed by atoms with van der Waals surface area (Å²) in [5.74, 6) is 0. The molecule has 1 aromatic carbocycles. The summed E-state index contributed by atoms with van der Waals surface area (Å²) < 4.78 is 10.4. The highest BCUT2D eigenvalue weighted by molar-refractivity contribution is 5.42. The maximum absolute atomic E-state index is 5.24. The Bertz CT molecular complexity index is 333. The summed E-state index contributed by atoms with van der Waals surface area (Å²) in [6.45, 7) is 6.70. The highest BCUT2D eigenvalue weighted by Gasteiger charge is 2.12. The van der Waals surface area contributed by atoms with Gasteiger partial charge in [-0.15, -0.1) is 0 Å². The second-order valence-corrected chi connectivity index (χ2v) is 4.98. The van der Waals surface area contributed by atoms with Crippen LogP contribution in [0.25, 0.3) is 0 Å². The van der Waals surface area contributed by atoms with E-state index in [1.165, 1.54) is 5.69 Å². The van der Waals surface area contributed by atoms with Gasteiger partial charge in [-0.25, -0.2) is 0 Å². The molecule has 0 radical (unpaired) electrons. The second kappa shape index (κ2) is 10.7. The van der Waals surface area contributed by atoms with Gasteiger partial charge in [-0.3, -0.25) is 4.90 Å². The summed E-state index contributed by atoms with van der Waals surface area (Å²) in [7, 11) is 3.50. The van der Waals surface area contributed by atoms with Crippen molar-refractivity contribution in [2.75, 3.05) is 52.4 Å². The van der Waals surface area contributed by atoms with Gasteiger partial charge in [0.15, 0.2) is 0 Å². The van der Waals surface area contributed by atoms with Crippen LogP contribution in [0, 0.1) is 0 Å². The monoisotopic (exact) mass is 280 g/mol. The quantitative estimate of drug-likeness (QED) is 0.631. The van der Waals surface area contributed by atoms with Crippen LogP contribution in [-0.4, -0.2) is 58.0 Å². The van der Waals surface area contributed by atoms with E-state index in [4.69, 9.17) is 9.47 Å². The van der Waals surface area contributed by atoms with Gasteiger partial charge in [0.2, 0.25) is 0 Å². The molecule has 0 aliphatic heterocycles.